The van der Waals surface area contributed by atoms with Gasteiger partial charge in [0.25, 0.3) is 0 Å². The van der Waals surface area contributed by atoms with Gasteiger partial charge in [-0.25, -0.2) is 13.1 Å². The first-order valence-electron chi connectivity index (χ1n) is 12.4. The normalized spacial score (nSPS) is 15.9. The van der Waals surface area contributed by atoms with E-state index in [1.165, 1.54) is 0 Å². The Morgan fingerprint density at radius 3 is 2.33 bits per heavy atom. The molecule has 1 fully saturated rings. The summed E-state index contributed by atoms with van der Waals surface area (Å²) in [4.78, 5) is 4.88. The summed E-state index contributed by atoms with van der Waals surface area (Å²) in [6.07, 6.45) is 0. The molecule has 4 rings (SSSR count). The highest BCUT2D eigenvalue weighted by Gasteiger charge is 2.24. The summed E-state index contributed by atoms with van der Waals surface area (Å²) in [6, 6.07) is 14.6. The lowest BCUT2D eigenvalue weighted by molar-refractivity contribution is 0.312. The number of likely N-dealkylation sites (N-methyl/N-ethyl adjacent to an activating group) is 1. The van der Waals surface area contributed by atoms with Crippen LogP contribution in [0.1, 0.15) is 51.0 Å². The first-order valence-corrected chi connectivity index (χ1v) is 13.9. The predicted molar refractivity (Wildman–Crippen MR) is 141 cm³/mol. The molecule has 1 N–H and O–H groups in total. The van der Waals surface area contributed by atoms with Crippen molar-refractivity contribution in [3.05, 3.63) is 59.9 Å². The summed E-state index contributed by atoms with van der Waals surface area (Å²) in [5.74, 6) is 1.49. The molecule has 0 unspecified atom stereocenters. The zero-order chi connectivity index (χ0) is 25.9. The lowest BCUT2D eigenvalue weighted by Gasteiger charge is -2.34. The average Bonchev–Trinajstić information content (AvgIpc) is 3.27. The molecule has 1 saturated heterocycles. The molecule has 2 heterocycles. The van der Waals surface area contributed by atoms with Gasteiger partial charge in [0.05, 0.1) is 10.9 Å². The third kappa shape index (κ3) is 5.88. The highest BCUT2D eigenvalue weighted by molar-refractivity contribution is 7.89. The number of hydrogen-bond donors (Lipinski definition) is 1. The van der Waals surface area contributed by atoms with E-state index in [-0.39, 0.29) is 4.90 Å². The molecule has 0 bridgehead atoms. The van der Waals surface area contributed by atoms with Crippen LogP contribution in [-0.4, -0.2) is 61.3 Å². The fourth-order valence-electron chi connectivity index (χ4n) is 4.29. The van der Waals surface area contributed by atoms with Crippen molar-refractivity contribution in [2.45, 2.75) is 51.1 Å². The number of aromatic nitrogens is 3. The highest BCUT2D eigenvalue weighted by Crippen LogP contribution is 2.28. The standard InChI is InChI=1S/C26H36N6O3S/c1-6-32-25(20(4)29-36(33,34)24-12-10-21(11-13-24)19(2)3)27-28-26(32)35-23-9-7-8-22(18-23)31-16-14-30(5)15-17-31/h7-13,18-20,29H,6,14-17H2,1-5H3/t20-/m1/s1. The molecule has 3 aromatic rings. The van der Waals surface area contributed by atoms with E-state index in [1.54, 1.807) is 23.6 Å². The Labute approximate surface area is 214 Å². The molecular formula is C26H36N6O3S. The van der Waals surface area contributed by atoms with E-state index in [2.05, 4.69) is 51.7 Å². The fraction of sp³-hybridized carbons (Fsp3) is 0.462. The molecule has 1 aromatic heterocycles. The molecular weight excluding hydrogens is 476 g/mol. The Bertz CT molecular complexity index is 1270. The molecule has 1 atom stereocenters. The van der Waals surface area contributed by atoms with Crippen molar-refractivity contribution < 1.29 is 13.2 Å². The quantitative estimate of drug-likeness (QED) is 0.463. The number of hydrogen-bond acceptors (Lipinski definition) is 7. The second kappa shape index (κ2) is 11.0. The van der Waals surface area contributed by atoms with Crippen LogP contribution in [0.25, 0.3) is 0 Å². The molecule has 0 saturated carbocycles. The van der Waals surface area contributed by atoms with E-state index in [9.17, 15) is 8.42 Å². The van der Waals surface area contributed by atoms with Crippen LogP contribution < -0.4 is 14.4 Å². The van der Waals surface area contributed by atoms with Gasteiger partial charge in [-0.1, -0.05) is 37.1 Å². The topological polar surface area (TPSA) is 92.6 Å². The van der Waals surface area contributed by atoms with E-state index in [1.807, 2.05) is 37.3 Å². The minimum atomic E-state index is -3.73. The molecule has 0 spiro atoms. The van der Waals surface area contributed by atoms with Gasteiger partial charge >= 0.3 is 6.01 Å². The van der Waals surface area contributed by atoms with Crippen LogP contribution >= 0.6 is 0 Å². The maximum absolute atomic E-state index is 13.0. The number of nitrogens with zero attached hydrogens (tertiary/aromatic N) is 5. The van der Waals surface area contributed by atoms with Gasteiger partial charge < -0.3 is 14.5 Å². The predicted octanol–water partition coefficient (Wildman–Crippen LogP) is 4.01. The maximum Gasteiger partial charge on any atom is 0.322 e. The van der Waals surface area contributed by atoms with Gasteiger partial charge in [-0.15, -0.1) is 5.10 Å². The van der Waals surface area contributed by atoms with E-state index >= 15 is 0 Å². The zero-order valence-electron chi connectivity index (χ0n) is 21.7. The SMILES string of the molecule is CCn1c(Oc2cccc(N3CCN(C)CC3)c2)nnc1[C@@H](C)NS(=O)(=O)c1ccc(C(C)C)cc1. The van der Waals surface area contributed by atoms with Crippen LogP contribution in [-0.2, 0) is 16.6 Å². The molecule has 194 valence electrons. The van der Waals surface area contributed by atoms with Gasteiger partial charge in [-0.2, -0.15) is 0 Å². The molecule has 1 aliphatic heterocycles. The fourth-order valence-corrected chi connectivity index (χ4v) is 5.49. The van der Waals surface area contributed by atoms with Gasteiger partial charge in [0.2, 0.25) is 10.0 Å². The Hall–Kier alpha value is -2.95. The van der Waals surface area contributed by atoms with Crippen molar-refractivity contribution in [2.75, 3.05) is 38.1 Å². The lowest BCUT2D eigenvalue weighted by atomic mass is 10.0. The Balaban J connectivity index is 1.49. The van der Waals surface area contributed by atoms with Crippen molar-refractivity contribution in [2.24, 2.45) is 0 Å². The van der Waals surface area contributed by atoms with Crippen molar-refractivity contribution in [3.63, 3.8) is 0 Å². The number of nitrogens with one attached hydrogen (secondary N) is 1. The van der Waals surface area contributed by atoms with Gasteiger partial charge in [-0.3, -0.25) is 4.57 Å². The summed E-state index contributed by atoms with van der Waals surface area (Å²) in [5, 5.41) is 8.49. The first kappa shape index (κ1) is 26.1. The number of sulfonamides is 1. The molecule has 0 aliphatic carbocycles. The molecule has 0 amide bonds. The monoisotopic (exact) mass is 512 g/mol. The molecule has 2 aromatic carbocycles. The molecule has 1 aliphatic rings. The lowest BCUT2D eigenvalue weighted by Crippen LogP contribution is -2.44. The van der Waals surface area contributed by atoms with Gasteiger partial charge in [-0.05, 0) is 56.6 Å². The number of rotatable bonds is 9. The summed E-state index contributed by atoms with van der Waals surface area (Å²) >= 11 is 0. The van der Waals surface area contributed by atoms with Crippen LogP contribution in [0.2, 0.25) is 0 Å². The minimum absolute atomic E-state index is 0.221. The first-order chi connectivity index (χ1) is 17.2. The van der Waals surface area contributed by atoms with Crippen LogP contribution in [0, 0.1) is 0 Å². The molecule has 9 nitrogen and oxygen atoms in total. The van der Waals surface area contributed by atoms with Crippen molar-refractivity contribution in [3.8, 4) is 11.8 Å². The second-order valence-corrected chi connectivity index (χ2v) is 11.3. The minimum Gasteiger partial charge on any atom is -0.424 e. The van der Waals surface area contributed by atoms with E-state index < -0.39 is 16.1 Å². The Morgan fingerprint density at radius 2 is 1.69 bits per heavy atom. The summed E-state index contributed by atoms with van der Waals surface area (Å²) in [6.45, 7) is 12.4. The van der Waals surface area contributed by atoms with E-state index in [0.29, 0.717) is 30.0 Å². The number of piperazine rings is 1. The number of anilines is 1. The molecule has 36 heavy (non-hydrogen) atoms. The second-order valence-electron chi connectivity index (χ2n) is 9.54. The van der Waals surface area contributed by atoms with E-state index in [4.69, 9.17) is 4.74 Å². The smallest absolute Gasteiger partial charge is 0.322 e. The molecule has 0 radical (unpaired) electrons. The highest BCUT2D eigenvalue weighted by atomic mass is 32.2. The largest absolute Gasteiger partial charge is 0.424 e. The van der Waals surface area contributed by atoms with Gasteiger partial charge in [0.15, 0.2) is 5.82 Å². The third-order valence-corrected chi connectivity index (χ3v) is 8.09. The zero-order valence-corrected chi connectivity index (χ0v) is 22.5. The Morgan fingerprint density at radius 1 is 1.00 bits per heavy atom. The Kier molecular flexibility index (Phi) is 7.97. The van der Waals surface area contributed by atoms with Gasteiger partial charge in [0.1, 0.15) is 5.75 Å². The van der Waals surface area contributed by atoms with Crippen LogP contribution in [0.15, 0.2) is 53.4 Å². The van der Waals surface area contributed by atoms with E-state index in [0.717, 1.165) is 37.4 Å². The average molecular weight is 513 g/mol. The number of ether oxygens (including phenoxy) is 1. The summed E-state index contributed by atoms with van der Waals surface area (Å²) in [7, 11) is -1.59. The van der Waals surface area contributed by atoms with Crippen LogP contribution in [0.3, 0.4) is 0 Å². The third-order valence-electron chi connectivity index (χ3n) is 6.53. The molecule has 10 heteroatoms. The van der Waals surface area contributed by atoms with Crippen LogP contribution in [0.4, 0.5) is 5.69 Å². The van der Waals surface area contributed by atoms with Crippen molar-refractivity contribution in [1.29, 1.82) is 0 Å². The van der Waals surface area contributed by atoms with Gasteiger partial charge in [0, 0.05) is 44.5 Å². The maximum atomic E-state index is 13.0. The van der Waals surface area contributed by atoms with Crippen molar-refractivity contribution >= 4 is 15.7 Å². The summed E-state index contributed by atoms with van der Waals surface area (Å²) in [5.41, 5.74) is 2.19. The van der Waals surface area contributed by atoms with Crippen molar-refractivity contribution in [1.82, 2.24) is 24.4 Å². The van der Waals surface area contributed by atoms with Crippen LogP contribution in [0.5, 0.6) is 11.8 Å². The summed E-state index contributed by atoms with van der Waals surface area (Å²) < 4.78 is 36.6. The number of benzene rings is 2.